The van der Waals surface area contributed by atoms with E-state index in [1.54, 1.807) is 13.3 Å². The molecule has 140 valence electrons. The summed E-state index contributed by atoms with van der Waals surface area (Å²) in [5, 5.41) is 0. The normalized spacial score (nSPS) is 15.1. The van der Waals surface area contributed by atoms with Gasteiger partial charge in [-0.1, -0.05) is 0 Å². The quantitative estimate of drug-likeness (QED) is 0.686. The summed E-state index contributed by atoms with van der Waals surface area (Å²) in [6.07, 6.45) is 1.77. The number of oxazole rings is 1. The molecule has 1 aromatic heterocycles. The smallest absolute Gasteiger partial charge is 0.209 e. The van der Waals surface area contributed by atoms with Gasteiger partial charge in [-0.3, -0.25) is 4.90 Å². The van der Waals surface area contributed by atoms with Gasteiger partial charge in [0.2, 0.25) is 5.89 Å². The van der Waals surface area contributed by atoms with Crippen molar-refractivity contribution in [1.82, 2.24) is 9.88 Å². The fraction of sp³-hybridized carbons (Fsp3) is 0.286. The number of hydrogen-bond acceptors (Lipinski definition) is 5. The van der Waals surface area contributed by atoms with Gasteiger partial charge < -0.3 is 14.1 Å². The summed E-state index contributed by atoms with van der Waals surface area (Å²) in [7, 11) is 1.65. The minimum Gasteiger partial charge on any atom is -0.497 e. The molecule has 0 unspecified atom stereocenters. The molecule has 5 nitrogen and oxygen atoms in total. The monoisotopic (exact) mass is 367 g/mol. The van der Waals surface area contributed by atoms with Crippen LogP contribution in [0.5, 0.6) is 5.75 Å². The molecule has 0 amide bonds. The molecule has 2 aromatic carbocycles. The van der Waals surface area contributed by atoms with Crippen molar-refractivity contribution in [2.75, 3.05) is 38.2 Å². The molecule has 0 bridgehead atoms. The van der Waals surface area contributed by atoms with Crippen LogP contribution in [0.1, 0.15) is 5.89 Å². The highest BCUT2D eigenvalue weighted by atomic mass is 19.1. The number of ether oxygens (including phenoxy) is 1. The second kappa shape index (κ2) is 7.80. The summed E-state index contributed by atoms with van der Waals surface area (Å²) in [6.45, 7) is 4.32. The van der Waals surface area contributed by atoms with Gasteiger partial charge in [-0.15, -0.1) is 0 Å². The maximum Gasteiger partial charge on any atom is 0.209 e. The SMILES string of the molecule is COc1ccc(-c2cnc(CN3CCN(c4ccc(F)cc4)CC3)o2)cc1. The van der Waals surface area contributed by atoms with E-state index in [2.05, 4.69) is 14.8 Å². The lowest BCUT2D eigenvalue weighted by Crippen LogP contribution is -2.46. The summed E-state index contributed by atoms with van der Waals surface area (Å²) in [4.78, 5) is 9.02. The van der Waals surface area contributed by atoms with E-state index in [9.17, 15) is 4.39 Å². The van der Waals surface area contributed by atoms with Gasteiger partial charge in [-0.2, -0.15) is 0 Å². The van der Waals surface area contributed by atoms with Crippen LogP contribution >= 0.6 is 0 Å². The molecular weight excluding hydrogens is 345 g/mol. The first-order valence-corrected chi connectivity index (χ1v) is 9.03. The van der Waals surface area contributed by atoms with Crippen LogP contribution in [0.2, 0.25) is 0 Å². The Kier molecular flexibility index (Phi) is 5.07. The highest BCUT2D eigenvalue weighted by Crippen LogP contribution is 2.24. The Bertz CT molecular complexity index is 869. The molecule has 0 radical (unpaired) electrons. The number of hydrogen-bond donors (Lipinski definition) is 0. The molecule has 1 aliphatic rings. The number of benzene rings is 2. The van der Waals surface area contributed by atoms with E-state index in [0.717, 1.165) is 54.8 Å². The van der Waals surface area contributed by atoms with E-state index >= 15 is 0 Å². The summed E-state index contributed by atoms with van der Waals surface area (Å²) in [5.41, 5.74) is 2.05. The minimum atomic E-state index is -0.200. The zero-order valence-electron chi connectivity index (χ0n) is 15.3. The first-order valence-electron chi connectivity index (χ1n) is 9.03. The van der Waals surface area contributed by atoms with Crippen molar-refractivity contribution < 1.29 is 13.5 Å². The Morgan fingerprint density at radius 1 is 1.00 bits per heavy atom. The first kappa shape index (κ1) is 17.5. The summed E-state index contributed by atoms with van der Waals surface area (Å²) in [6, 6.07) is 14.4. The highest BCUT2D eigenvalue weighted by molar-refractivity contribution is 5.57. The Morgan fingerprint density at radius 2 is 1.70 bits per heavy atom. The van der Waals surface area contributed by atoms with Gasteiger partial charge in [0.1, 0.15) is 11.6 Å². The maximum absolute atomic E-state index is 13.1. The first-order chi connectivity index (χ1) is 13.2. The van der Waals surface area contributed by atoms with E-state index in [1.165, 1.54) is 12.1 Å². The largest absolute Gasteiger partial charge is 0.497 e. The van der Waals surface area contributed by atoms with E-state index in [0.29, 0.717) is 6.54 Å². The van der Waals surface area contributed by atoms with E-state index < -0.39 is 0 Å². The van der Waals surface area contributed by atoms with Crippen molar-refractivity contribution in [2.45, 2.75) is 6.54 Å². The number of halogens is 1. The standard InChI is InChI=1S/C21H22FN3O2/c1-26-19-8-2-16(3-9-19)20-14-23-21(27-20)15-24-10-12-25(13-11-24)18-6-4-17(22)5-7-18/h2-9,14H,10-13,15H2,1H3. The second-order valence-corrected chi connectivity index (χ2v) is 6.59. The molecule has 1 fully saturated rings. The fourth-order valence-electron chi connectivity index (χ4n) is 3.28. The molecule has 0 saturated carbocycles. The minimum absolute atomic E-state index is 0.200. The van der Waals surface area contributed by atoms with Crippen LogP contribution in [0.3, 0.4) is 0 Å². The molecule has 0 aliphatic carbocycles. The molecule has 0 spiro atoms. The van der Waals surface area contributed by atoms with Crippen LogP contribution in [0, 0.1) is 5.82 Å². The number of aromatic nitrogens is 1. The number of nitrogens with zero attached hydrogens (tertiary/aromatic N) is 3. The fourth-order valence-corrected chi connectivity index (χ4v) is 3.28. The Balaban J connectivity index is 1.34. The van der Waals surface area contributed by atoms with Gasteiger partial charge in [0.15, 0.2) is 5.76 Å². The lowest BCUT2D eigenvalue weighted by molar-refractivity contribution is 0.227. The van der Waals surface area contributed by atoms with Crippen LogP contribution in [-0.4, -0.2) is 43.2 Å². The average Bonchev–Trinajstić information content (AvgIpc) is 3.18. The Labute approximate surface area is 158 Å². The van der Waals surface area contributed by atoms with Gasteiger partial charge in [-0.25, -0.2) is 9.37 Å². The van der Waals surface area contributed by atoms with E-state index in [4.69, 9.17) is 9.15 Å². The van der Waals surface area contributed by atoms with Crippen LogP contribution in [-0.2, 0) is 6.54 Å². The Hall–Kier alpha value is -2.86. The van der Waals surface area contributed by atoms with Crippen molar-refractivity contribution in [3.8, 4) is 17.1 Å². The lowest BCUT2D eigenvalue weighted by Gasteiger charge is -2.35. The van der Waals surface area contributed by atoms with Crippen LogP contribution in [0.4, 0.5) is 10.1 Å². The summed E-state index contributed by atoms with van der Waals surface area (Å²) in [5.74, 6) is 2.10. The van der Waals surface area contributed by atoms with Crippen LogP contribution in [0.25, 0.3) is 11.3 Å². The molecule has 4 rings (SSSR count). The van der Waals surface area contributed by atoms with Gasteiger partial charge in [0, 0.05) is 37.4 Å². The third-order valence-corrected chi connectivity index (χ3v) is 4.85. The lowest BCUT2D eigenvalue weighted by atomic mass is 10.2. The topological polar surface area (TPSA) is 41.7 Å². The molecule has 27 heavy (non-hydrogen) atoms. The van der Waals surface area contributed by atoms with E-state index in [-0.39, 0.29) is 5.82 Å². The van der Waals surface area contributed by atoms with Gasteiger partial charge in [0.25, 0.3) is 0 Å². The molecule has 1 aliphatic heterocycles. The molecule has 6 heteroatoms. The second-order valence-electron chi connectivity index (χ2n) is 6.59. The highest BCUT2D eigenvalue weighted by Gasteiger charge is 2.19. The molecule has 1 saturated heterocycles. The van der Waals surface area contributed by atoms with Crippen molar-refractivity contribution in [3.63, 3.8) is 0 Å². The van der Waals surface area contributed by atoms with Crippen molar-refractivity contribution in [3.05, 3.63) is 66.4 Å². The predicted molar refractivity (Wildman–Crippen MR) is 102 cm³/mol. The number of methoxy groups -OCH3 is 1. The molecule has 0 N–H and O–H groups in total. The van der Waals surface area contributed by atoms with Crippen LogP contribution in [0.15, 0.2) is 59.1 Å². The van der Waals surface area contributed by atoms with Gasteiger partial charge >= 0.3 is 0 Å². The third-order valence-electron chi connectivity index (χ3n) is 4.85. The Morgan fingerprint density at radius 3 is 2.37 bits per heavy atom. The maximum atomic E-state index is 13.1. The average molecular weight is 367 g/mol. The molecule has 0 atom stereocenters. The summed E-state index contributed by atoms with van der Waals surface area (Å²) < 4.78 is 24.2. The molecule has 2 heterocycles. The van der Waals surface area contributed by atoms with E-state index in [1.807, 2.05) is 36.4 Å². The summed E-state index contributed by atoms with van der Waals surface area (Å²) >= 11 is 0. The van der Waals surface area contributed by atoms with Crippen molar-refractivity contribution in [2.24, 2.45) is 0 Å². The van der Waals surface area contributed by atoms with Crippen molar-refractivity contribution >= 4 is 5.69 Å². The number of piperazine rings is 1. The zero-order valence-corrected chi connectivity index (χ0v) is 15.3. The molecular formula is C21H22FN3O2. The number of rotatable bonds is 5. The van der Waals surface area contributed by atoms with Crippen molar-refractivity contribution in [1.29, 1.82) is 0 Å². The van der Waals surface area contributed by atoms with Crippen LogP contribution < -0.4 is 9.64 Å². The van der Waals surface area contributed by atoms with Gasteiger partial charge in [0.05, 0.1) is 19.9 Å². The predicted octanol–water partition coefficient (Wildman–Crippen LogP) is 3.81. The molecule has 3 aromatic rings. The number of anilines is 1. The third kappa shape index (κ3) is 4.11. The van der Waals surface area contributed by atoms with Gasteiger partial charge in [-0.05, 0) is 48.5 Å². The zero-order chi connectivity index (χ0) is 18.6.